The minimum Gasteiger partial charge on any atom is -0.444 e. The minimum absolute atomic E-state index is 0.256. The van der Waals surface area contributed by atoms with Crippen molar-refractivity contribution in [1.29, 1.82) is 0 Å². The molecule has 0 aliphatic heterocycles. The Bertz CT molecular complexity index is 1150. The molecule has 0 bridgehead atoms. The number of benzene rings is 2. The van der Waals surface area contributed by atoms with Gasteiger partial charge in [0.25, 0.3) is 0 Å². The van der Waals surface area contributed by atoms with E-state index < -0.39 is 17.7 Å². The van der Waals surface area contributed by atoms with Crippen LogP contribution in [0.5, 0.6) is 5.88 Å². The molecule has 0 saturated carbocycles. The van der Waals surface area contributed by atoms with E-state index in [4.69, 9.17) is 21.1 Å². The number of amides is 1. The van der Waals surface area contributed by atoms with Gasteiger partial charge in [0.1, 0.15) is 5.60 Å². The molecular formula is C24H27ClN4O4. The number of nitrogens with one attached hydrogen (secondary N) is 2. The molecule has 2 N–H and O–H groups in total. The lowest BCUT2D eigenvalue weighted by Crippen LogP contribution is -2.32. The van der Waals surface area contributed by atoms with Crippen LogP contribution in [0.15, 0.2) is 48.7 Å². The van der Waals surface area contributed by atoms with Crippen molar-refractivity contribution in [3.05, 3.63) is 64.8 Å². The number of carbonyl (C=O) groups is 2. The van der Waals surface area contributed by atoms with E-state index in [2.05, 4.69) is 15.6 Å². The number of nitrogens with zero attached hydrogens (tertiary/aromatic N) is 2. The van der Waals surface area contributed by atoms with Gasteiger partial charge in [0.05, 0.1) is 22.6 Å². The first-order valence-electron chi connectivity index (χ1n) is 10.4. The van der Waals surface area contributed by atoms with Crippen molar-refractivity contribution < 1.29 is 19.1 Å². The smallest absolute Gasteiger partial charge is 0.407 e. The summed E-state index contributed by atoms with van der Waals surface area (Å²) in [6, 6.07) is 13.0. The molecule has 1 heterocycles. The number of halogens is 1. The SMILES string of the molecule is CC(=O)Oc1cnc(Nc2cc(CNC(=O)OC(C)(C)C)ccc2Cl)n1-c1ccc(C)cc1. The molecule has 3 aromatic rings. The van der Waals surface area contributed by atoms with Crippen molar-refractivity contribution in [3.63, 3.8) is 0 Å². The van der Waals surface area contributed by atoms with Crippen LogP contribution in [0.25, 0.3) is 5.69 Å². The number of hydrogen-bond donors (Lipinski definition) is 2. The Morgan fingerprint density at radius 2 is 1.82 bits per heavy atom. The summed E-state index contributed by atoms with van der Waals surface area (Å²) in [7, 11) is 0. The third-order valence-electron chi connectivity index (χ3n) is 4.38. The number of rotatable bonds is 6. The van der Waals surface area contributed by atoms with Gasteiger partial charge in [-0.3, -0.25) is 4.79 Å². The first-order chi connectivity index (χ1) is 15.5. The molecule has 0 fully saturated rings. The zero-order chi connectivity index (χ0) is 24.2. The number of hydrogen-bond acceptors (Lipinski definition) is 6. The van der Waals surface area contributed by atoms with Gasteiger partial charge in [-0.05, 0) is 57.5 Å². The summed E-state index contributed by atoms with van der Waals surface area (Å²) in [4.78, 5) is 27.9. The monoisotopic (exact) mass is 470 g/mol. The van der Waals surface area contributed by atoms with Gasteiger partial charge in [0.15, 0.2) is 0 Å². The van der Waals surface area contributed by atoms with E-state index in [-0.39, 0.29) is 12.4 Å². The summed E-state index contributed by atoms with van der Waals surface area (Å²) in [5, 5.41) is 6.38. The lowest BCUT2D eigenvalue weighted by molar-refractivity contribution is -0.132. The number of alkyl carbamates (subject to hydrolysis) is 1. The lowest BCUT2D eigenvalue weighted by atomic mass is 10.2. The van der Waals surface area contributed by atoms with Crippen molar-refractivity contribution in [3.8, 4) is 11.6 Å². The quantitative estimate of drug-likeness (QED) is 0.460. The number of imidazole rings is 1. The molecule has 0 unspecified atom stereocenters. The van der Waals surface area contributed by atoms with E-state index >= 15 is 0 Å². The predicted molar refractivity (Wildman–Crippen MR) is 127 cm³/mol. The largest absolute Gasteiger partial charge is 0.444 e. The Morgan fingerprint density at radius 3 is 2.45 bits per heavy atom. The van der Waals surface area contributed by atoms with E-state index in [0.29, 0.717) is 16.7 Å². The minimum atomic E-state index is -0.580. The number of esters is 1. The molecule has 9 heteroatoms. The van der Waals surface area contributed by atoms with Gasteiger partial charge in [-0.2, -0.15) is 0 Å². The Labute approximate surface area is 197 Å². The second-order valence-electron chi connectivity index (χ2n) is 8.48. The molecule has 8 nitrogen and oxygen atoms in total. The van der Waals surface area contributed by atoms with Crippen molar-refractivity contribution in [2.45, 2.75) is 46.8 Å². The number of aromatic nitrogens is 2. The number of ether oxygens (including phenoxy) is 2. The molecular weight excluding hydrogens is 444 g/mol. The molecule has 0 aliphatic rings. The fraction of sp³-hybridized carbons (Fsp3) is 0.292. The molecule has 0 aliphatic carbocycles. The average molecular weight is 471 g/mol. The van der Waals surface area contributed by atoms with Crippen LogP contribution in [0, 0.1) is 6.92 Å². The third-order valence-corrected chi connectivity index (χ3v) is 4.71. The maximum absolute atomic E-state index is 12.0. The molecule has 1 aromatic heterocycles. The van der Waals surface area contributed by atoms with Gasteiger partial charge in [-0.1, -0.05) is 35.4 Å². The summed E-state index contributed by atoms with van der Waals surface area (Å²) in [5.74, 6) is 0.227. The molecule has 174 valence electrons. The second-order valence-corrected chi connectivity index (χ2v) is 8.89. The molecule has 0 spiro atoms. The Kier molecular flexibility index (Phi) is 7.28. The van der Waals surface area contributed by atoms with E-state index in [1.165, 1.54) is 13.1 Å². The van der Waals surface area contributed by atoms with Crippen LogP contribution in [-0.2, 0) is 16.1 Å². The van der Waals surface area contributed by atoms with Crippen molar-refractivity contribution >= 4 is 35.3 Å². The molecule has 0 atom stereocenters. The Balaban J connectivity index is 1.86. The molecule has 2 aromatic carbocycles. The van der Waals surface area contributed by atoms with Crippen LogP contribution in [0.3, 0.4) is 0 Å². The zero-order valence-corrected chi connectivity index (χ0v) is 20.0. The average Bonchev–Trinajstić information content (AvgIpc) is 3.09. The second kappa shape index (κ2) is 9.95. The summed E-state index contributed by atoms with van der Waals surface area (Å²) in [6.45, 7) is 8.98. The number of anilines is 2. The summed E-state index contributed by atoms with van der Waals surface area (Å²) >= 11 is 6.41. The highest BCUT2D eigenvalue weighted by atomic mass is 35.5. The summed E-state index contributed by atoms with van der Waals surface area (Å²) in [6.07, 6.45) is 0.957. The fourth-order valence-electron chi connectivity index (χ4n) is 2.97. The highest BCUT2D eigenvalue weighted by Gasteiger charge is 2.18. The van der Waals surface area contributed by atoms with Crippen LogP contribution in [0.1, 0.15) is 38.8 Å². The first-order valence-corrected chi connectivity index (χ1v) is 10.7. The van der Waals surface area contributed by atoms with Crippen LogP contribution >= 0.6 is 11.6 Å². The van der Waals surface area contributed by atoms with Crippen LogP contribution in [0.4, 0.5) is 16.4 Å². The molecule has 0 saturated heterocycles. The normalized spacial score (nSPS) is 11.1. The van der Waals surface area contributed by atoms with E-state index in [9.17, 15) is 9.59 Å². The van der Waals surface area contributed by atoms with Crippen LogP contribution in [0.2, 0.25) is 5.02 Å². The van der Waals surface area contributed by atoms with E-state index in [1.54, 1.807) is 37.5 Å². The fourth-order valence-corrected chi connectivity index (χ4v) is 3.14. The number of aryl methyl sites for hydroxylation is 1. The van der Waals surface area contributed by atoms with E-state index in [1.807, 2.05) is 37.3 Å². The molecule has 1 amide bonds. The standard InChI is InChI=1S/C24H27ClN4O4/c1-15-6-9-18(10-7-15)29-21(32-16(2)30)14-26-22(29)28-20-12-17(8-11-19(20)25)13-27-23(31)33-24(3,4)5/h6-12,14H,13H2,1-5H3,(H,26,28)(H,27,31). The Hall–Kier alpha value is -3.52. The van der Waals surface area contributed by atoms with E-state index in [0.717, 1.165) is 16.8 Å². The molecule has 33 heavy (non-hydrogen) atoms. The maximum atomic E-state index is 12.0. The highest BCUT2D eigenvalue weighted by molar-refractivity contribution is 6.33. The van der Waals surface area contributed by atoms with Gasteiger partial charge in [0, 0.05) is 13.5 Å². The third kappa shape index (κ3) is 6.73. The maximum Gasteiger partial charge on any atom is 0.407 e. The topological polar surface area (TPSA) is 94.5 Å². The Morgan fingerprint density at radius 1 is 1.12 bits per heavy atom. The van der Waals surface area contributed by atoms with Gasteiger partial charge in [-0.25, -0.2) is 14.3 Å². The van der Waals surface area contributed by atoms with Crippen molar-refractivity contribution in [1.82, 2.24) is 14.9 Å². The first kappa shape index (κ1) is 24.1. The highest BCUT2D eigenvalue weighted by Crippen LogP contribution is 2.31. The number of carbonyl (C=O) groups excluding carboxylic acids is 2. The summed E-state index contributed by atoms with van der Waals surface area (Å²) in [5.41, 5.74) is 2.66. The zero-order valence-electron chi connectivity index (χ0n) is 19.2. The van der Waals surface area contributed by atoms with Crippen molar-refractivity contribution in [2.75, 3.05) is 5.32 Å². The molecule has 0 radical (unpaired) electrons. The van der Waals surface area contributed by atoms with Crippen molar-refractivity contribution in [2.24, 2.45) is 0 Å². The van der Waals surface area contributed by atoms with Gasteiger partial charge >= 0.3 is 12.1 Å². The lowest BCUT2D eigenvalue weighted by Gasteiger charge is -2.20. The van der Waals surface area contributed by atoms with Gasteiger partial charge in [0.2, 0.25) is 11.8 Å². The summed E-state index contributed by atoms with van der Waals surface area (Å²) < 4.78 is 12.3. The predicted octanol–water partition coefficient (Wildman–Crippen LogP) is 5.53. The van der Waals surface area contributed by atoms with Crippen LogP contribution < -0.4 is 15.4 Å². The van der Waals surface area contributed by atoms with Crippen LogP contribution in [-0.4, -0.2) is 27.2 Å². The molecule has 3 rings (SSSR count). The van der Waals surface area contributed by atoms with Gasteiger partial charge in [-0.15, -0.1) is 0 Å². The van der Waals surface area contributed by atoms with Gasteiger partial charge < -0.3 is 20.1 Å².